The van der Waals surface area contributed by atoms with E-state index in [9.17, 15) is 4.79 Å². The van der Waals surface area contributed by atoms with Gasteiger partial charge in [0.05, 0.1) is 0 Å². The Morgan fingerprint density at radius 2 is 1.67 bits per heavy atom. The minimum atomic E-state index is -0.417. The fourth-order valence-corrected chi connectivity index (χ4v) is 1.68. The molecule has 0 aromatic heterocycles. The maximum atomic E-state index is 10.9. The van der Waals surface area contributed by atoms with Crippen LogP contribution in [0.5, 0.6) is 0 Å². The number of primary amides is 1. The van der Waals surface area contributed by atoms with Gasteiger partial charge in [-0.05, 0) is 42.0 Å². The smallest absolute Gasteiger partial charge is 0.248 e. The van der Waals surface area contributed by atoms with Crippen molar-refractivity contribution >= 4 is 23.2 Å². The first-order valence-corrected chi connectivity index (χ1v) is 5.91. The predicted molar refractivity (Wildman–Crippen MR) is 73.7 cm³/mol. The molecule has 0 unspecified atom stereocenters. The highest BCUT2D eigenvalue weighted by molar-refractivity contribution is 6.30. The van der Waals surface area contributed by atoms with Crippen molar-refractivity contribution < 1.29 is 4.79 Å². The zero-order valence-corrected chi connectivity index (χ0v) is 10.4. The average Bonchev–Trinajstić information content (AvgIpc) is 2.38. The van der Waals surface area contributed by atoms with Gasteiger partial charge >= 0.3 is 0 Å². The van der Waals surface area contributed by atoms with Gasteiger partial charge in [0.2, 0.25) is 5.91 Å². The number of rotatable bonds is 4. The molecule has 0 aliphatic rings. The third-order valence-corrected chi connectivity index (χ3v) is 2.83. The number of benzene rings is 2. The number of nitrogens with one attached hydrogen (secondary N) is 1. The van der Waals surface area contributed by atoms with E-state index in [1.54, 1.807) is 12.1 Å². The van der Waals surface area contributed by atoms with Crippen LogP contribution >= 0.6 is 11.6 Å². The van der Waals surface area contributed by atoms with Crippen molar-refractivity contribution in [3.05, 3.63) is 64.7 Å². The van der Waals surface area contributed by atoms with Crippen molar-refractivity contribution in [2.24, 2.45) is 5.73 Å². The molecule has 0 fully saturated rings. The number of hydrogen-bond acceptors (Lipinski definition) is 2. The van der Waals surface area contributed by atoms with Crippen molar-refractivity contribution in [2.75, 3.05) is 5.32 Å². The van der Waals surface area contributed by atoms with Crippen molar-refractivity contribution in [3.8, 4) is 0 Å². The van der Waals surface area contributed by atoms with Gasteiger partial charge in [-0.2, -0.15) is 0 Å². The zero-order valence-electron chi connectivity index (χ0n) is 9.69. The summed E-state index contributed by atoms with van der Waals surface area (Å²) >= 11 is 5.81. The number of halogens is 1. The fraction of sp³-hybridized carbons (Fsp3) is 0.0714. The van der Waals surface area contributed by atoms with Crippen molar-refractivity contribution in [2.45, 2.75) is 6.54 Å². The van der Waals surface area contributed by atoms with E-state index in [1.807, 2.05) is 36.4 Å². The van der Waals surface area contributed by atoms with Crippen LogP contribution in [0.4, 0.5) is 5.69 Å². The molecule has 4 heteroatoms. The number of anilines is 1. The highest BCUT2D eigenvalue weighted by atomic mass is 35.5. The van der Waals surface area contributed by atoms with Gasteiger partial charge in [0.15, 0.2) is 0 Å². The molecule has 0 heterocycles. The molecule has 2 aromatic carbocycles. The lowest BCUT2D eigenvalue weighted by Gasteiger charge is -2.07. The molecular weight excluding hydrogens is 248 g/mol. The first-order chi connectivity index (χ1) is 8.65. The van der Waals surface area contributed by atoms with E-state index in [4.69, 9.17) is 17.3 Å². The lowest BCUT2D eigenvalue weighted by molar-refractivity contribution is 0.100. The fourth-order valence-electron chi connectivity index (χ4n) is 1.56. The molecule has 2 rings (SSSR count). The summed E-state index contributed by atoms with van der Waals surface area (Å²) in [4.78, 5) is 10.9. The van der Waals surface area contributed by atoms with E-state index < -0.39 is 5.91 Å². The molecule has 0 saturated heterocycles. The largest absolute Gasteiger partial charge is 0.381 e. The monoisotopic (exact) mass is 260 g/mol. The molecule has 3 nitrogen and oxygen atoms in total. The van der Waals surface area contributed by atoms with Crippen LogP contribution in [0.2, 0.25) is 5.02 Å². The van der Waals surface area contributed by atoms with Gasteiger partial charge in [0.1, 0.15) is 0 Å². The molecule has 0 aliphatic carbocycles. The first-order valence-electron chi connectivity index (χ1n) is 5.53. The Morgan fingerprint density at radius 3 is 2.22 bits per heavy atom. The molecule has 18 heavy (non-hydrogen) atoms. The van der Waals surface area contributed by atoms with E-state index in [-0.39, 0.29) is 0 Å². The average molecular weight is 261 g/mol. The minimum Gasteiger partial charge on any atom is -0.381 e. The van der Waals surface area contributed by atoms with Crippen LogP contribution in [0.15, 0.2) is 48.5 Å². The number of carbonyl (C=O) groups is 1. The Bertz CT molecular complexity index is 535. The summed E-state index contributed by atoms with van der Waals surface area (Å²) in [6.45, 7) is 0.701. The molecule has 1 amide bonds. The maximum Gasteiger partial charge on any atom is 0.248 e. The van der Waals surface area contributed by atoms with Gasteiger partial charge in [-0.25, -0.2) is 0 Å². The standard InChI is InChI=1S/C14H13ClN2O/c15-12-5-1-10(2-6-12)9-17-13-7-3-11(4-8-13)14(16)18/h1-8,17H,9H2,(H2,16,18). The molecule has 3 N–H and O–H groups in total. The quantitative estimate of drug-likeness (QED) is 0.888. The van der Waals surface area contributed by atoms with Crippen LogP contribution in [-0.2, 0) is 6.54 Å². The zero-order chi connectivity index (χ0) is 13.0. The second-order valence-corrected chi connectivity index (χ2v) is 4.36. The number of nitrogens with two attached hydrogens (primary N) is 1. The molecule has 0 spiro atoms. The van der Waals surface area contributed by atoms with Crippen molar-refractivity contribution in [3.63, 3.8) is 0 Å². The molecule has 2 aromatic rings. The summed E-state index contributed by atoms with van der Waals surface area (Å²) in [5.41, 5.74) is 7.75. The SMILES string of the molecule is NC(=O)c1ccc(NCc2ccc(Cl)cc2)cc1. The molecule has 0 bridgehead atoms. The van der Waals surface area contributed by atoms with Gasteiger partial charge in [0.25, 0.3) is 0 Å². The van der Waals surface area contributed by atoms with Crippen LogP contribution in [-0.4, -0.2) is 5.91 Å². The minimum absolute atomic E-state index is 0.417. The van der Waals surface area contributed by atoms with E-state index in [1.165, 1.54) is 0 Å². The van der Waals surface area contributed by atoms with Crippen LogP contribution in [0.25, 0.3) is 0 Å². The molecule has 92 valence electrons. The Hall–Kier alpha value is -2.00. The van der Waals surface area contributed by atoms with Crippen LogP contribution in [0.3, 0.4) is 0 Å². The Balaban J connectivity index is 1.97. The normalized spacial score (nSPS) is 10.1. The molecule has 0 atom stereocenters. The Labute approximate surface area is 111 Å². The van der Waals surface area contributed by atoms with E-state index in [0.29, 0.717) is 12.1 Å². The molecule has 0 saturated carbocycles. The molecule has 0 radical (unpaired) electrons. The maximum absolute atomic E-state index is 10.9. The molecular formula is C14H13ClN2O. The lowest BCUT2D eigenvalue weighted by atomic mass is 10.2. The van der Waals surface area contributed by atoms with Gasteiger partial charge in [0, 0.05) is 22.8 Å². The van der Waals surface area contributed by atoms with E-state index in [2.05, 4.69) is 5.32 Å². The van der Waals surface area contributed by atoms with Crippen molar-refractivity contribution in [1.82, 2.24) is 0 Å². The summed E-state index contributed by atoms with van der Waals surface area (Å²) in [5.74, 6) is -0.417. The second-order valence-electron chi connectivity index (χ2n) is 3.92. The topological polar surface area (TPSA) is 55.1 Å². The van der Waals surface area contributed by atoms with Gasteiger partial charge in [-0.15, -0.1) is 0 Å². The Kier molecular flexibility index (Phi) is 3.85. The predicted octanol–water partition coefficient (Wildman–Crippen LogP) is 3.05. The summed E-state index contributed by atoms with van der Waals surface area (Å²) in [6, 6.07) is 14.7. The van der Waals surface area contributed by atoms with Gasteiger partial charge in [-0.3, -0.25) is 4.79 Å². The van der Waals surface area contributed by atoms with Crippen LogP contribution in [0.1, 0.15) is 15.9 Å². The van der Waals surface area contributed by atoms with E-state index >= 15 is 0 Å². The summed E-state index contributed by atoms with van der Waals surface area (Å²) < 4.78 is 0. The number of hydrogen-bond donors (Lipinski definition) is 2. The first kappa shape index (κ1) is 12.5. The van der Waals surface area contributed by atoms with Gasteiger partial charge < -0.3 is 11.1 Å². The number of carbonyl (C=O) groups excluding carboxylic acids is 1. The van der Waals surface area contributed by atoms with Gasteiger partial charge in [-0.1, -0.05) is 23.7 Å². The van der Waals surface area contributed by atoms with Crippen LogP contribution in [0, 0.1) is 0 Å². The van der Waals surface area contributed by atoms with Crippen molar-refractivity contribution in [1.29, 1.82) is 0 Å². The summed E-state index contributed by atoms with van der Waals surface area (Å²) in [7, 11) is 0. The third-order valence-electron chi connectivity index (χ3n) is 2.58. The highest BCUT2D eigenvalue weighted by Gasteiger charge is 1.99. The third kappa shape index (κ3) is 3.25. The second kappa shape index (κ2) is 5.56. The summed E-state index contributed by atoms with van der Waals surface area (Å²) in [6.07, 6.45) is 0. The Morgan fingerprint density at radius 1 is 1.06 bits per heavy atom. The van der Waals surface area contributed by atoms with Crippen LogP contribution < -0.4 is 11.1 Å². The van der Waals surface area contributed by atoms with E-state index in [0.717, 1.165) is 16.3 Å². The number of amides is 1. The lowest BCUT2D eigenvalue weighted by Crippen LogP contribution is -2.10. The summed E-state index contributed by atoms with van der Waals surface area (Å²) in [5, 5.41) is 3.98. The molecule has 0 aliphatic heterocycles. The highest BCUT2D eigenvalue weighted by Crippen LogP contribution is 2.13.